The van der Waals surface area contributed by atoms with Crippen molar-refractivity contribution in [2.75, 3.05) is 7.11 Å². The molecule has 7 nitrogen and oxygen atoms in total. The number of aldehydes is 2. The van der Waals surface area contributed by atoms with E-state index in [1.807, 2.05) is 0 Å². The van der Waals surface area contributed by atoms with Crippen molar-refractivity contribution in [1.82, 2.24) is 0 Å². The smallest absolute Gasteiger partial charge is 0.200 e. The van der Waals surface area contributed by atoms with E-state index in [0.717, 1.165) is 6.07 Å². The maximum atomic E-state index is 10.3. The molecule has 0 aromatic heterocycles. The van der Waals surface area contributed by atoms with Crippen LogP contribution in [0.2, 0.25) is 0 Å². The van der Waals surface area contributed by atoms with Crippen molar-refractivity contribution in [3.05, 3.63) is 39.9 Å². The molecule has 0 bridgehead atoms. The highest BCUT2D eigenvalue weighted by molar-refractivity contribution is 9.10. The van der Waals surface area contributed by atoms with Gasteiger partial charge < -0.3 is 25.2 Å². The fourth-order valence-electron chi connectivity index (χ4n) is 1.50. The van der Waals surface area contributed by atoms with Gasteiger partial charge in [-0.3, -0.25) is 9.59 Å². The Hall–Kier alpha value is -2.74. The fourth-order valence-corrected chi connectivity index (χ4v) is 1.93. The van der Waals surface area contributed by atoms with E-state index in [0.29, 0.717) is 18.1 Å². The number of phenols is 4. The third-order valence-corrected chi connectivity index (χ3v) is 3.52. The van der Waals surface area contributed by atoms with E-state index in [1.165, 1.54) is 25.3 Å². The number of phenolic OH excluding ortho intramolecular Hbond substituents is 4. The molecular formula is C15H13BrO7. The van der Waals surface area contributed by atoms with E-state index in [4.69, 9.17) is 25.2 Å². The van der Waals surface area contributed by atoms with Gasteiger partial charge in [0.2, 0.25) is 5.75 Å². The molecular weight excluding hydrogens is 372 g/mol. The summed E-state index contributed by atoms with van der Waals surface area (Å²) < 4.78 is 4.91. The molecule has 2 aromatic rings. The van der Waals surface area contributed by atoms with Gasteiger partial charge in [-0.15, -0.1) is 0 Å². The maximum Gasteiger partial charge on any atom is 0.200 e. The molecule has 0 aliphatic heterocycles. The van der Waals surface area contributed by atoms with Crippen LogP contribution in [0.3, 0.4) is 0 Å². The molecule has 0 atom stereocenters. The van der Waals surface area contributed by atoms with Gasteiger partial charge in [0.15, 0.2) is 29.3 Å². The third kappa shape index (κ3) is 4.36. The van der Waals surface area contributed by atoms with Gasteiger partial charge in [-0.1, -0.05) is 0 Å². The van der Waals surface area contributed by atoms with Crippen molar-refractivity contribution in [2.45, 2.75) is 0 Å². The number of carbonyl (C=O) groups excluding carboxylic acids is 2. The van der Waals surface area contributed by atoms with E-state index in [-0.39, 0.29) is 38.8 Å². The Bertz CT molecular complexity index is 728. The van der Waals surface area contributed by atoms with Crippen LogP contribution in [0.4, 0.5) is 0 Å². The molecule has 0 spiro atoms. The highest BCUT2D eigenvalue weighted by Crippen LogP contribution is 2.36. The predicted molar refractivity (Wildman–Crippen MR) is 84.6 cm³/mol. The lowest BCUT2D eigenvalue weighted by molar-refractivity contribution is 0.111. The minimum atomic E-state index is -0.364. The Morgan fingerprint density at radius 1 is 0.957 bits per heavy atom. The number of hydrogen-bond donors (Lipinski definition) is 4. The van der Waals surface area contributed by atoms with Gasteiger partial charge in [0.05, 0.1) is 11.6 Å². The summed E-state index contributed by atoms with van der Waals surface area (Å²) in [7, 11) is 1.34. The molecule has 0 saturated carbocycles. The Morgan fingerprint density at radius 3 is 2.13 bits per heavy atom. The van der Waals surface area contributed by atoms with Crippen LogP contribution in [0, 0.1) is 0 Å². The number of methoxy groups -OCH3 is 1. The van der Waals surface area contributed by atoms with Gasteiger partial charge in [0.1, 0.15) is 6.29 Å². The van der Waals surface area contributed by atoms with E-state index in [9.17, 15) is 9.59 Å². The second-order valence-electron chi connectivity index (χ2n) is 4.16. The van der Waals surface area contributed by atoms with Crippen LogP contribution in [0.15, 0.2) is 28.7 Å². The zero-order valence-corrected chi connectivity index (χ0v) is 13.4. The second kappa shape index (κ2) is 8.04. The van der Waals surface area contributed by atoms with Crippen molar-refractivity contribution >= 4 is 28.5 Å². The molecule has 0 unspecified atom stereocenters. The molecule has 2 rings (SSSR count). The van der Waals surface area contributed by atoms with Crippen molar-refractivity contribution in [2.24, 2.45) is 0 Å². The SMILES string of the molecule is COc1cc(C=O)cc(O)c1O.O=Cc1ccc(O)c(O)c1Br. The molecule has 0 aliphatic carbocycles. The molecule has 0 amide bonds. The van der Waals surface area contributed by atoms with Crippen LogP contribution in [0.1, 0.15) is 20.7 Å². The zero-order chi connectivity index (χ0) is 17.6. The first-order valence-corrected chi connectivity index (χ1v) is 6.85. The van der Waals surface area contributed by atoms with E-state index < -0.39 is 0 Å². The number of rotatable bonds is 3. The van der Waals surface area contributed by atoms with Crippen LogP contribution >= 0.6 is 15.9 Å². The topological polar surface area (TPSA) is 124 Å². The first-order chi connectivity index (χ1) is 10.8. The molecule has 0 radical (unpaired) electrons. The molecule has 0 aliphatic rings. The Labute approximate surface area is 139 Å². The monoisotopic (exact) mass is 384 g/mol. The minimum absolute atomic E-state index is 0.0806. The summed E-state index contributed by atoms with van der Waals surface area (Å²) in [5.74, 6) is -1.20. The lowest BCUT2D eigenvalue weighted by Crippen LogP contribution is -1.87. The van der Waals surface area contributed by atoms with Gasteiger partial charge in [-0.05, 0) is 40.2 Å². The van der Waals surface area contributed by atoms with E-state index in [2.05, 4.69) is 15.9 Å². The Kier molecular flexibility index (Phi) is 6.40. The summed E-state index contributed by atoms with van der Waals surface area (Å²) in [4.78, 5) is 20.6. The molecule has 8 heteroatoms. The fraction of sp³-hybridized carbons (Fsp3) is 0.0667. The van der Waals surface area contributed by atoms with Crippen LogP contribution in [0.25, 0.3) is 0 Å². The Morgan fingerprint density at radius 2 is 1.61 bits per heavy atom. The number of aromatic hydroxyl groups is 4. The summed E-state index contributed by atoms with van der Waals surface area (Å²) in [6.07, 6.45) is 1.14. The highest BCUT2D eigenvalue weighted by Gasteiger charge is 2.08. The maximum absolute atomic E-state index is 10.3. The zero-order valence-electron chi connectivity index (χ0n) is 11.9. The standard InChI is InChI=1S/C8H8O4.C7H5BrO3/c1-12-7-3-5(4-9)2-6(10)8(7)11;8-6-4(3-9)1-2-5(10)7(6)11/h2-4,10-11H,1H3;1-3,10-11H. The summed E-state index contributed by atoms with van der Waals surface area (Å²) in [5, 5.41) is 36.2. The first-order valence-electron chi connectivity index (χ1n) is 6.06. The number of halogens is 1. The quantitative estimate of drug-likeness (QED) is 0.473. The normalized spacial score (nSPS) is 9.48. The average molecular weight is 385 g/mol. The van der Waals surface area contributed by atoms with Gasteiger partial charge >= 0.3 is 0 Å². The number of ether oxygens (including phenoxy) is 1. The van der Waals surface area contributed by atoms with Crippen LogP contribution < -0.4 is 4.74 Å². The molecule has 0 fully saturated rings. The third-order valence-electron chi connectivity index (χ3n) is 2.68. The first kappa shape index (κ1) is 18.3. The Balaban J connectivity index is 0.000000231. The number of hydrogen-bond acceptors (Lipinski definition) is 7. The molecule has 4 N–H and O–H groups in total. The van der Waals surface area contributed by atoms with Crippen molar-refractivity contribution in [3.63, 3.8) is 0 Å². The number of carbonyl (C=O) groups is 2. The highest BCUT2D eigenvalue weighted by atomic mass is 79.9. The lowest BCUT2D eigenvalue weighted by Gasteiger charge is -2.04. The molecule has 122 valence electrons. The van der Waals surface area contributed by atoms with Crippen molar-refractivity contribution in [3.8, 4) is 28.7 Å². The van der Waals surface area contributed by atoms with Crippen LogP contribution in [-0.4, -0.2) is 40.1 Å². The van der Waals surface area contributed by atoms with E-state index in [1.54, 1.807) is 0 Å². The molecule has 23 heavy (non-hydrogen) atoms. The van der Waals surface area contributed by atoms with Crippen LogP contribution in [-0.2, 0) is 0 Å². The molecule has 2 aromatic carbocycles. The van der Waals surface area contributed by atoms with Gasteiger partial charge in [0, 0.05) is 11.1 Å². The van der Waals surface area contributed by atoms with Gasteiger partial charge in [0.25, 0.3) is 0 Å². The van der Waals surface area contributed by atoms with E-state index >= 15 is 0 Å². The summed E-state index contributed by atoms with van der Waals surface area (Å²) in [5.41, 5.74) is 0.558. The predicted octanol–water partition coefficient (Wildman–Crippen LogP) is 2.59. The van der Waals surface area contributed by atoms with Crippen molar-refractivity contribution < 1.29 is 34.8 Å². The summed E-state index contributed by atoms with van der Waals surface area (Å²) in [6.45, 7) is 0. The second-order valence-corrected chi connectivity index (χ2v) is 4.96. The summed E-state index contributed by atoms with van der Waals surface area (Å²) >= 11 is 2.95. The van der Waals surface area contributed by atoms with Crippen molar-refractivity contribution in [1.29, 1.82) is 0 Å². The average Bonchev–Trinajstić information content (AvgIpc) is 2.56. The van der Waals surface area contributed by atoms with Gasteiger partial charge in [-0.25, -0.2) is 0 Å². The molecule has 0 saturated heterocycles. The summed E-state index contributed by atoms with van der Waals surface area (Å²) in [6, 6.07) is 5.16. The molecule has 0 heterocycles. The largest absolute Gasteiger partial charge is 0.504 e. The minimum Gasteiger partial charge on any atom is -0.504 e. The lowest BCUT2D eigenvalue weighted by atomic mass is 10.2. The number of benzene rings is 2. The van der Waals surface area contributed by atoms with Crippen LogP contribution in [0.5, 0.6) is 28.7 Å². The van der Waals surface area contributed by atoms with Gasteiger partial charge in [-0.2, -0.15) is 0 Å².